The summed E-state index contributed by atoms with van der Waals surface area (Å²) in [6.07, 6.45) is 0.803. The van der Waals surface area contributed by atoms with Crippen molar-refractivity contribution >= 4 is 50.2 Å². The van der Waals surface area contributed by atoms with Crippen LogP contribution in [0.4, 0.5) is 5.69 Å². The van der Waals surface area contributed by atoms with Crippen molar-refractivity contribution in [3.63, 3.8) is 0 Å². The predicted octanol–water partition coefficient (Wildman–Crippen LogP) is 5.61. The van der Waals surface area contributed by atoms with E-state index in [0.717, 1.165) is 27.7 Å². The van der Waals surface area contributed by atoms with Gasteiger partial charge in [0.1, 0.15) is 0 Å². The van der Waals surface area contributed by atoms with Gasteiger partial charge in [-0.3, -0.25) is 14.2 Å². The van der Waals surface area contributed by atoms with E-state index in [1.807, 2.05) is 46.8 Å². The summed E-state index contributed by atoms with van der Waals surface area (Å²) in [7, 11) is 0. The zero-order chi connectivity index (χ0) is 22.0. The molecule has 0 spiro atoms. The van der Waals surface area contributed by atoms with Gasteiger partial charge in [-0.05, 0) is 63.4 Å². The van der Waals surface area contributed by atoms with E-state index in [2.05, 4.69) is 33.4 Å². The van der Waals surface area contributed by atoms with Crippen LogP contribution in [0.3, 0.4) is 0 Å². The molecule has 1 aromatic heterocycles. The van der Waals surface area contributed by atoms with Crippen LogP contribution in [0.2, 0.25) is 0 Å². The second kappa shape index (κ2) is 9.35. The minimum Gasteiger partial charge on any atom is -0.325 e. The number of halogens is 1. The first kappa shape index (κ1) is 22.6. The van der Waals surface area contributed by atoms with Crippen LogP contribution >= 0.6 is 27.7 Å². The van der Waals surface area contributed by atoms with Gasteiger partial charge in [0.25, 0.3) is 5.56 Å². The summed E-state index contributed by atoms with van der Waals surface area (Å²) in [6.45, 7) is 10.4. The number of hydrogen-bond acceptors (Lipinski definition) is 4. The number of benzene rings is 2. The average molecular weight is 488 g/mol. The van der Waals surface area contributed by atoms with Gasteiger partial charge in [-0.1, -0.05) is 52.3 Å². The van der Waals surface area contributed by atoms with Crippen molar-refractivity contribution in [1.29, 1.82) is 0 Å². The molecular weight excluding hydrogens is 462 g/mol. The lowest BCUT2D eigenvalue weighted by molar-refractivity contribution is -0.115. The summed E-state index contributed by atoms with van der Waals surface area (Å²) in [4.78, 5) is 30.7. The van der Waals surface area contributed by atoms with E-state index in [9.17, 15) is 9.59 Å². The number of nitrogens with zero attached hydrogens (tertiary/aromatic N) is 2. The first-order valence-electron chi connectivity index (χ1n) is 9.96. The maximum absolute atomic E-state index is 13.0. The first-order valence-corrected chi connectivity index (χ1v) is 11.6. The molecule has 0 aliphatic heterocycles. The molecule has 0 aliphatic rings. The van der Waals surface area contributed by atoms with Crippen molar-refractivity contribution in [3.05, 3.63) is 61.8 Å². The van der Waals surface area contributed by atoms with Crippen molar-refractivity contribution in [3.8, 4) is 0 Å². The number of anilines is 1. The van der Waals surface area contributed by atoms with Crippen molar-refractivity contribution in [2.24, 2.45) is 0 Å². The molecule has 0 saturated carbocycles. The van der Waals surface area contributed by atoms with Crippen LogP contribution in [0.5, 0.6) is 0 Å². The molecule has 1 atom stereocenters. The van der Waals surface area contributed by atoms with Gasteiger partial charge in [0.2, 0.25) is 5.91 Å². The molecule has 0 saturated heterocycles. The highest BCUT2D eigenvalue weighted by Gasteiger charge is 2.20. The van der Waals surface area contributed by atoms with E-state index in [0.29, 0.717) is 22.6 Å². The second-order valence-corrected chi connectivity index (χ2v) is 9.76. The van der Waals surface area contributed by atoms with E-state index in [1.165, 1.54) is 17.3 Å². The fourth-order valence-corrected chi connectivity index (χ4v) is 4.79. The number of fused-ring (bicyclic) bond motifs is 1. The lowest BCUT2D eigenvalue weighted by Gasteiger charge is -2.18. The number of hydrogen-bond donors (Lipinski definition) is 1. The van der Waals surface area contributed by atoms with Gasteiger partial charge in [0.15, 0.2) is 5.16 Å². The van der Waals surface area contributed by atoms with Gasteiger partial charge in [-0.25, -0.2) is 4.98 Å². The third-order valence-electron chi connectivity index (χ3n) is 4.91. The monoisotopic (exact) mass is 487 g/mol. The van der Waals surface area contributed by atoms with Crippen LogP contribution < -0.4 is 10.9 Å². The van der Waals surface area contributed by atoms with E-state index in [-0.39, 0.29) is 11.5 Å². The largest absolute Gasteiger partial charge is 0.325 e. The standard InChI is InChI=1S/C23H26BrN3O2S/c1-6-9-27-22(29)18-12-17(24)7-8-19(18)25-23(27)30-16(5)21(28)26-20-14(3)10-13(2)11-15(20)4/h7-8,10-12,16H,6,9H2,1-5H3,(H,26,28). The lowest BCUT2D eigenvalue weighted by atomic mass is 10.1. The van der Waals surface area contributed by atoms with Crippen molar-refractivity contribution in [2.45, 2.75) is 58.0 Å². The number of aromatic nitrogens is 2. The zero-order valence-electron chi connectivity index (χ0n) is 17.9. The Morgan fingerprint density at radius 2 is 1.87 bits per heavy atom. The van der Waals surface area contributed by atoms with Gasteiger partial charge in [-0.2, -0.15) is 0 Å². The molecule has 2 aromatic carbocycles. The molecule has 5 nitrogen and oxygen atoms in total. The lowest BCUT2D eigenvalue weighted by Crippen LogP contribution is -2.27. The smallest absolute Gasteiger partial charge is 0.262 e. The highest BCUT2D eigenvalue weighted by molar-refractivity contribution is 9.10. The molecule has 3 aromatic rings. The summed E-state index contributed by atoms with van der Waals surface area (Å²) in [5.41, 5.74) is 4.64. The number of carbonyl (C=O) groups excluding carboxylic acids is 1. The summed E-state index contributed by atoms with van der Waals surface area (Å²) < 4.78 is 2.51. The van der Waals surface area contributed by atoms with Crippen molar-refractivity contribution in [2.75, 3.05) is 5.32 Å². The minimum absolute atomic E-state index is 0.0801. The molecule has 1 heterocycles. The molecule has 0 aliphatic carbocycles. The molecule has 1 N–H and O–H groups in total. The average Bonchev–Trinajstić information content (AvgIpc) is 2.68. The maximum atomic E-state index is 13.0. The Morgan fingerprint density at radius 3 is 2.50 bits per heavy atom. The number of thioether (sulfide) groups is 1. The highest BCUT2D eigenvalue weighted by Crippen LogP contribution is 2.27. The van der Waals surface area contributed by atoms with Gasteiger partial charge in [0.05, 0.1) is 16.2 Å². The molecule has 7 heteroatoms. The molecule has 0 fully saturated rings. The third-order valence-corrected chi connectivity index (χ3v) is 6.49. The second-order valence-electron chi connectivity index (χ2n) is 7.54. The molecule has 3 rings (SSSR count). The minimum atomic E-state index is -0.409. The first-order chi connectivity index (χ1) is 14.2. The number of nitrogens with one attached hydrogen (secondary N) is 1. The van der Waals surface area contributed by atoms with E-state index in [4.69, 9.17) is 4.98 Å². The maximum Gasteiger partial charge on any atom is 0.262 e. The Morgan fingerprint density at radius 1 is 1.20 bits per heavy atom. The van der Waals surface area contributed by atoms with E-state index in [1.54, 1.807) is 10.6 Å². The van der Waals surface area contributed by atoms with Gasteiger partial charge < -0.3 is 5.32 Å². The number of amides is 1. The highest BCUT2D eigenvalue weighted by atomic mass is 79.9. The van der Waals surface area contributed by atoms with Gasteiger partial charge in [-0.15, -0.1) is 0 Å². The molecule has 30 heavy (non-hydrogen) atoms. The number of aryl methyl sites for hydroxylation is 3. The van der Waals surface area contributed by atoms with Crippen LogP contribution in [-0.4, -0.2) is 20.7 Å². The fourth-order valence-electron chi connectivity index (χ4n) is 3.50. The van der Waals surface area contributed by atoms with Gasteiger partial charge in [0, 0.05) is 16.7 Å². The molecule has 0 bridgehead atoms. The quantitative estimate of drug-likeness (QED) is 0.362. The van der Waals surface area contributed by atoms with Crippen LogP contribution in [0, 0.1) is 20.8 Å². The third kappa shape index (κ3) is 4.78. The van der Waals surface area contributed by atoms with E-state index < -0.39 is 5.25 Å². The van der Waals surface area contributed by atoms with E-state index >= 15 is 0 Å². The van der Waals surface area contributed by atoms with Crippen LogP contribution in [-0.2, 0) is 11.3 Å². The fraction of sp³-hybridized carbons (Fsp3) is 0.348. The Labute approximate surface area is 189 Å². The molecule has 0 radical (unpaired) electrons. The summed E-state index contributed by atoms with van der Waals surface area (Å²) in [5.74, 6) is -0.108. The van der Waals surface area contributed by atoms with Crippen molar-refractivity contribution in [1.82, 2.24) is 9.55 Å². The summed E-state index contributed by atoms with van der Waals surface area (Å²) >= 11 is 4.74. The molecule has 1 amide bonds. The Kier molecular flexibility index (Phi) is 7.03. The predicted molar refractivity (Wildman–Crippen MR) is 129 cm³/mol. The topological polar surface area (TPSA) is 64.0 Å². The molecular formula is C23H26BrN3O2S. The Hall–Kier alpha value is -2.12. The van der Waals surface area contributed by atoms with Crippen LogP contribution in [0.1, 0.15) is 37.0 Å². The SMILES string of the molecule is CCCn1c(SC(C)C(=O)Nc2c(C)cc(C)cc2C)nc2ccc(Br)cc2c1=O. The number of rotatable bonds is 6. The Balaban J connectivity index is 1.91. The normalized spacial score (nSPS) is 12.2. The Bertz CT molecular complexity index is 1150. The molecule has 1 unspecified atom stereocenters. The summed E-state index contributed by atoms with van der Waals surface area (Å²) in [5, 5.41) is 3.79. The van der Waals surface area contributed by atoms with Crippen molar-refractivity contribution < 1.29 is 4.79 Å². The molecule has 158 valence electrons. The van der Waals surface area contributed by atoms with Gasteiger partial charge >= 0.3 is 0 Å². The zero-order valence-corrected chi connectivity index (χ0v) is 20.3. The van der Waals surface area contributed by atoms with Crippen LogP contribution in [0.25, 0.3) is 10.9 Å². The van der Waals surface area contributed by atoms with Crippen LogP contribution in [0.15, 0.2) is 44.8 Å². The number of carbonyl (C=O) groups is 1. The summed E-state index contributed by atoms with van der Waals surface area (Å²) in [6, 6.07) is 9.60.